The number of amides is 1. The lowest BCUT2D eigenvalue weighted by atomic mass is 9.99. The Kier molecular flexibility index (Phi) is 5.98. The van der Waals surface area contributed by atoms with Gasteiger partial charge in [-0.1, -0.05) is 31.9 Å². The van der Waals surface area contributed by atoms with Crippen LogP contribution in [0.3, 0.4) is 0 Å². The fourth-order valence-electron chi connectivity index (χ4n) is 1.64. The van der Waals surface area contributed by atoms with Crippen LogP contribution in [0.1, 0.15) is 30.6 Å². The molecule has 0 radical (unpaired) electrons. The third-order valence-corrected chi connectivity index (χ3v) is 3.44. The number of methoxy groups -OCH3 is 1. The molecule has 0 saturated heterocycles. The third-order valence-electron chi connectivity index (χ3n) is 3.20. The molecule has 0 aliphatic heterocycles. The van der Waals surface area contributed by atoms with Gasteiger partial charge in [-0.15, -0.1) is 0 Å². The Labute approximate surface area is 123 Å². The van der Waals surface area contributed by atoms with Crippen LogP contribution in [0.5, 0.6) is 0 Å². The SMILES string of the molecule is CCC(C)[C@H](N)C(=O)Nc1cc(Cl)ccc1C(=O)OC. The summed E-state index contributed by atoms with van der Waals surface area (Å²) in [5.41, 5.74) is 6.39. The molecule has 0 saturated carbocycles. The van der Waals surface area contributed by atoms with E-state index in [1.807, 2.05) is 13.8 Å². The van der Waals surface area contributed by atoms with E-state index in [0.29, 0.717) is 10.7 Å². The molecule has 0 aliphatic rings. The van der Waals surface area contributed by atoms with Crippen molar-refractivity contribution in [3.8, 4) is 0 Å². The molecule has 1 aromatic carbocycles. The van der Waals surface area contributed by atoms with Crippen LogP contribution >= 0.6 is 11.6 Å². The second-order valence-corrected chi connectivity index (χ2v) is 5.02. The van der Waals surface area contributed by atoms with Crippen LogP contribution in [0.4, 0.5) is 5.69 Å². The molecular formula is C14H19ClN2O3. The standard InChI is InChI=1S/C14H19ClN2O3/c1-4-8(2)12(16)13(18)17-11-7-9(15)5-6-10(11)14(19)20-3/h5-8,12H,4,16H2,1-3H3,(H,17,18)/t8?,12-/m0/s1. The number of carbonyl (C=O) groups is 2. The van der Waals surface area contributed by atoms with Crippen LogP contribution in [0.15, 0.2) is 18.2 Å². The maximum Gasteiger partial charge on any atom is 0.339 e. The highest BCUT2D eigenvalue weighted by atomic mass is 35.5. The zero-order valence-electron chi connectivity index (χ0n) is 11.8. The van der Waals surface area contributed by atoms with E-state index in [0.717, 1.165) is 6.42 Å². The average molecular weight is 299 g/mol. The quantitative estimate of drug-likeness (QED) is 0.818. The molecule has 20 heavy (non-hydrogen) atoms. The van der Waals surface area contributed by atoms with Crippen molar-refractivity contribution in [2.24, 2.45) is 11.7 Å². The molecule has 3 N–H and O–H groups in total. The highest BCUT2D eigenvalue weighted by Gasteiger charge is 2.21. The second-order valence-electron chi connectivity index (χ2n) is 4.58. The number of hydrogen-bond donors (Lipinski definition) is 2. The number of nitrogens with two attached hydrogens (primary N) is 1. The number of halogens is 1. The van der Waals surface area contributed by atoms with E-state index in [1.54, 1.807) is 6.07 Å². The topological polar surface area (TPSA) is 81.4 Å². The summed E-state index contributed by atoms with van der Waals surface area (Å²) in [7, 11) is 1.27. The minimum Gasteiger partial charge on any atom is -0.465 e. The molecule has 0 bridgehead atoms. The fourth-order valence-corrected chi connectivity index (χ4v) is 1.81. The van der Waals surface area contributed by atoms with Gasteiger partial charge in [0.25, 0.3) is 0 Å². The molecule has 110 valence electrons. The minimum absolute atomic E-state index is 0.0377. The van der Waals surface area contributed by atoms with Gasteiger partial charge in [0.05, 0.1) is 24.4 Å². The largest absolute Gasteiger partial charge is 0.465 e. The van der Waals surface area contributed by atoms with Crippen LogP contribution in [0.2, 0.25) is 5.02 Å². The van der Waals surface area contributed by atoms with Crippen LogP contribution in [0.25, 0.3) is 0 Å². The maximum absolute atomic E-state index is 12.1. The first-order valence-corrected chi connectivity index (χ1v) is 6.72. The normalized spacial score (nSPS) is 13.4. The number of nitrogens with one attached hydrogen (secondary N) is 1. The maximum atomic E-state index is 12.1. The van der Waals surface area contributed by atoms with E-state index < -0.39 is 12.0 Å². The molecule has 0 fully saturated rings. The van der Waals surface area contributed by atoms with Gasteiger partial charge in [-0.2, -0.15) is 0 Å². The van der Waals surface area contributed by atoms with Gasteiger partial charge in [0.15, 0.2) is 0 Å². The summed E-state index contributed by atoms with van der Waals surface area (Å²) in [4.78, 5) is 23.7. The molecule has 1 unspecified atom stereocenters. The van der Waals surface area contributed by atoms with Gasteiger partial charge >= 0.3 is 5.97 Å². The van der Waals surface area contributed by atoms with Crippen molar-refractivity contribution in [2.45, 2.75) is 26.3 Å². The van der Waals surface area contributed by atoms with Gasteiger partial charge in [0.2, 0.25) is 5.91 Å². The van der Waals surface area contributed by atoms with Crippen LogP contribution < -0.4 is 11.1 Å². The number of anilines is 1. The number of rotatable bonds is 5. The van der Waals surface area contributed by atoms with Gasteiger partial charge in [0, 0.05) is 5.02 Å². The van der Waals surface area contributed by atoms with Crippen molar-refractivity contribution in [3.05, 3.63) is 28.8 Å². The predicted molar refractivity (Wildman–Crippen MR) is 78.9 cm³/mol. The van der Waals surface area contributed by atoms with Crippen molar-refractivity contribution in [2.75, 3.05) is 12.4 Å². The summed E-state index contributed by atoms with van der Waals surface area (Å²) in [6, 6.07) is 3.90. The van der Waals surface area contributed by atoms with Gasteiger partial charge in [-0.05, 0) is 24.1 Å². The fraction of sp³-hybridized carbons (Fsp3) is 0.429. The van der Waals surface area contributed by atoms with E-state index in [-0.39, 0.29) is 17.4 Å². The number of carbonyl (C=O) groups excluding carboxylic acids is 2. The average Bonchev–Trinajstić information content (AvgIpc) is 2.44. The zero-order chi connectivity index (χ0) is 15.3. The summed E-state index contributed by atoms with van der Waals surface area (Å²) in [5, 5.41) is 3.04. The smallest absolute Gasteiger partial charge is 0.339 e. The number of esters is 1. The van der Waals surface area contributed by atoms with Gasteiger partial charge in [-0.3, -0.25) is 4.79 Å². The molecule has 1 amide bonds. The van der Waals surface area contributed by atoms with Crippen molar-refractivity contribution in [3.63, 3.8) is 0 Å². The van der Waals surface area contributed by atoms with Crippen LogP contribution in [-0.2, 0) is 9.53 Å². The van der Waals surface area contributed by atoms with Crippen molar-refractivity contribution in [1.82, 2.24) is 0 Å². The number of benzene rings is 1. The Hall–Kier alpha value is -1.59. The van der Waals surface area contributed by atoms with Gasteiger partial charge in [-0.25, -0.2) is 4.79 Å². The lowest BCUT2D eigenvalue weighted by Gasteiger charge is -2.18. The molecule has 0 aliphatic carbocycles. The minimum atomic E-state index is -0.649. The molecule has 2 atom stereocenters. The van der Waals surface area contributed by atoms with E-state index in [2.05, 4.69) is 10.1 Å². The molecule has 5 nitrogen and oxygen atoms in total. The first-order valence-electron chi connectivity index (χ1n) is 6.35. The van der Waals surface area contributed by atoms with Crippen LogP contribution in [0, 0.1) is 5.92 Å². The first-order chi connectivity index (χ1) is 9.40. The summed E-state index contributed by atoms with van der Waals surface area (Å²) in [6.07, 6.45) is 0.786. The lowest BCUT2D eigenvalue weighted by molar-refractivity contribution is -0.118. The van der Waals surface area contributed by atoms with E-state index in [9.17, 15) is 9.59 Å². The highest BCUT2D eigenvalue weighted by Crippen LogP contribution is 2.22. The molecule has 1 aromatic rings. The van der Waals surface area contributed by atoms with E-state index >= 15 is 0 Å². The zero-order valence-corrected chi connectivity index (χ0v) is 12.5. The third kappa shape index (κ3) is 3.95. The molecular weight excluding hydrogens is 280 g/mol. The molecule has 0 heterocycles. The number of ether oxygens (including phenoxy) is 1. The van der Waals surface area contributed by atoms with E-state index in [4.69, 9.17) is 17.3 Å². The summed E-state index contributed by atoms with van der Waals surface area (Å²) < 4.78 is 4.66. The first kappa shape index (κ1) is 16.5. The lowest BCUT2D eigenvalue weighted by Crippen LogP contribution is -2.40. The summed E-state index contributed by atoms with van der Waals surface area (Å²) in [5.74, 6) is -0.864. The monoisotopic (exact) mass is 298 g/mol. The Balaban J connectivity index is 2.99. The van der Waals surface area contributed by atoms with E-state index in [1.165, 1.54) is 19.2 Å². The van der Waals surface area contributed by atoms with Crippen molar-refractivity contribution in [1.29, 1.82) is 0 Å². The van der Waals surface area contributed by atoms with Crippen molar-refractivity contribution < 1.29 is 14.3 Å². The van der Waals surface area contributed by atoms with Crippen LogP contribution in [-0.4, -0.2) is 25.0 Å². The molecule has 1 rings (SSSR count). The Morgan fingerprint density at radius 2 is 2.10 bits per heavy atom. The second kappa shape index (κ2) is 7.26. The number of hydrogen-bond acceptors (Lipinski definition) is 4. The highest BCUT2D eigenvalue weighted by molar-refractivity contribution is 6.31. The Morgan fingerprint density at radius 3 is 2.65 bits per heavy atom. The summed E-state index contributed by atoms with van der Waals surface area (Å²) in [6.45, 7) is 3.85. The molecule has 0 aromatic heterocycles. The Bertz CT molecular complexity index is 505. The molecule has 0 spiro atoms. The predicted octanol–water partition coefficient (Wildman–Crippen LogP) is 2.44. The van der Waals surface area contributed by atoms with Crippen molar-refractivity contribution >= 4 is 29.2 Å². The van der Waals surface area contributed by atoms with Gasteiger partial charge < -0.3 is 15.8 Å². The van der Waals surface area contributed by atoms with Gasteiger partial charge in [0.1, 0.15) is 0 Å². The molecule has 6 heteroatoms. The summed E-state index contributed by atoms with van der Waals surface area (Å²) >= 11 is 5.88. The Morgan fingerprint density at radius 1 is 1.45 bits per heavy atom.